The zero-order valence-electron chi connectivity index (χ0n) is 19.5. The van der Waals surface area contributed by atoms with E-state index in [1.165, 1.54) is 12.1 Å². The topological polar surface area (TPSA) is 124 Å². The molecule has 38 heavy (non-hydrogen) atoms. The lowest BCUT2D eigenvalue weighted by molar-refractivity contribution is -0.384. The first-order chi connectivity index (χ1) is 18.2. The van der Waals surface area contributed by atoms with Gasteiger partial charge in [0.25, 0.3) is 16.8 Å². The van der Waals surface area contributed by atoms with Crippen molar-refractivity contribution in [2.24, 2.45) is 0 Å². The van der Waals surface area contributed by atoms with Crippen LogP contribution in [0.5, 0.6) is 5.75 Å². The standard InChI is InChI=1S/C27H18N2O7S2/c30-26-25(37-27(31)28(26)17-20-9-5-8-18-6-1-3-10-23(18)20)16-19-7-2-4-11-24(19)36-38(34,35)22-14-12-21(13-15-22)29(32)33/h1-16H,17H2/b25-16-. The van der Waals surface area contributed by atoms with Gasteiger partial charge in [0.05, 0.1) is 16.4 Å². The van der Waals surface area contributed by atoms with Crippen molar-refractivity contribution < 1.29 is 27.1 Å². The van der Waals surface area contributed by atoms with Gasteiger partial charge in [-0.05, 0) is 52.4 Å². The zero-order chi connectivity index (χ0) is 26.9. The average Bonchev–Trinajstić information content (AvgIpc) is 3.17. The number of carbonyl (C=O) groups is 2. The molecular weight excluding hydrogens is 528 g/mol. The Balaban J connectivity index is 1.40. The summed E-state index contributed by atoms with van der Waals surface area (Å²) in [5.74, 6) is -0.562. The second kappa shape index (κ2) is 10.1. The number of nitrogens with zero attached hydrogens (tertiary/aromatic N) is 2. The second-order valence-corrected chi connectivity index (χ2v) is 10.8. The van der Waals surface area contributed by atoms with Gasteiger partial charge in [-0.2, -0.15) is 8.42 Å². The number of para-hydroxylation sites is 1. The van der Waals surface area contributed by atoms with Gasteiger partial charge in [-0.3, -0.25) is 24.6 Å². The van der Waals surface area contributed by atoms with Gasteiger partial charge in [-0.1, -0.05) is 60.7 Å². The molecule has 1 aliphatic heterocycles. The Hall–Kier alpha value is -4.48. The summed E-state index contributed by atoms with van der Waals surface area (Å²) in [5, 5.41) is 12.3. The van der Waals surface area contributed by atoms with Gasteiger partial charge in [0, 0.05) is 17.7 Å². The van der Waals surface area contributed by atoms with E-state index in [2.05, 4.69) is 0 Å². The Kier molecular flexibility index (Phi) is 6.70. The first-order valence-corrected chi connectivity index (χ1v) is 13.5. The lowest BCUT2D eigenvalue weighted by Crippen LogP contribution is -2.27. The number of imide groups is 1. The molecule has 0 atom stereocenters. The smallest absolute Gasteiger partial charge is 0.339 e. The maximum Gasteiger partial charge on any atom is 0.339 e. The summed E-state index contributed by atoms with van der Waals surface area (Å²) in [4.78, 5) is 37.1. The highest BCUT2D eigenvalue weighted by Gasteiger charge is 2.35. The molecule has 190 valence electrons. The number of fused-ring (bicyclic) bond motifs is 1. The molecule has 0 aliphatic carbocycles. The van der Waals surface area contributed by atoms with Gasteiger partial charge >= 0.3 is 10.1 Å². The molecular formula is C27H18N2O7S2. The highest BCUT2D eigenvalue weighted by Crippen LogP contribution is 2.36. The van der Waals surface area contributed by atoms with Crippen LogP contribution in [0, 0.1) is 10.1 Å². The van der Waals surface area contributed by atoms with Crippen LogP contribution < -0.4 is 4.18 Å². The van der Waals surface area contributed by atoms with Crippen molar-refractivity contribution >= 4 is 55.6 Å². The predicted octanol–water partition coefficient (Wildman–Crippen LogP) is 5.75. The normalized spacial score (nSPS) is 14.8. The van der Waals surface area contributed by atoms with Crippen LogP contribution in [-0.4, -0.2) is 29.4 Å². The van der Waals surface area contributed by atoms with Gasteiger partial charge < -0.3 is 4.18 Å². The molecule has 2 amide bonds. The number of carbonyl (C=O) groups excluding carboxylic acids is 2. The van der Waals surface area contributed by atoms with E-state index in [-0.39, 0.29) is 33.3 Å². The Labute approximate surface area is 221 Å². The summed E-state index contributed by atoms with van der Waals surface area (Å²) in [6.07, 6.45) is 1.41. The molecule has 0 saturated carbocycles. The fourth-order valence-electron chi connectivity index (χ4n) is 3.95. The van der Waals surface area contributed by atoms with Gasteiger partial charge in [0.15, 0.2) is 0 Å². The van der Waals surface area contributed by atoms with Crippen molar-refractivity contribution in [2.75, 3.05) is 0 Å². The van der Waals surface area contributed by atoms with Crippen LogP contribution >= 0.6 is 11.8 Å². The van der Waals surface area contributed by atoms with Crippen LogP contribution in [0.3, 0.4) is 0 Å². The molecule has 0 aromatic heterocycles. The number of benzene rings is 4. The molecule has 0 N–H and O–H groups in total. The van der Waals surface area contributed by atoms with E-state index in [1.807, 2.05) is 42.5 Å². The molecule has 1 aliphatic rings. The first kappa shape index (κ1) is 25.2. The van der Waals surface area contributed by atoms with E-state index in [0.29, 0.717) is 0 Å². The summed E-state index contributed by atoms with van der Waals surface area (Å²) < 4.78 is 30.9. The molecule has 5 rings (SSSR count). The quantitative estimate of drug-likeness (QED) is 0.124. The van der Waals surface area contributed by atoms with Crippen LogP contribution in [0.25, 0.3) is 16.8 Å². The van der Waals surface area contributed by atoms with Crippen LogP contribution in [0.1, 0.15) is 11.1 Å². The summed E-state index contributed by atoms with van der Waals surface area (Å²) in [5.41, 5.74) is 0.835. The minimum Gasteiger partial charge on any atom is -0.378 e. The molecule has 0 spiro atoms. The zero-order valence-corrected chi connectivity index (χ0v) is 21.1. The third-order valence-electron chi connectivity index (χ3n) is 5.82. The fraction of sp³-hybridized carbons (Fsp3) is 0.0370. The molecule has 0 radical (unpaired) electrons. The number of hydrogen-bond acceptors (Lipinski definition) is 8. The van der Waals surface area contributed by atoms with E-state index >= 15 is 0 Å². The third-order valence-corrected chi connectivity index (χ3v) is 7.98. The van der Waals surface area contributed by atoms with Crippen molar-refractivity contribution in [1.82, 2.24) is 4.90 Å². The Morgan fingerprint density at radius 1 is 0.895 bits per heavy atom. The van der Waals surface area contributed by atoms with Crippen molar-refractivity contribution in [3.05, 3.63) is 117 Å². The van der Waals surface area contributed by atoms with Crippen molar-refractivity contribution in [2.45, 2.75) is 11.4 Å². The molecule has 1 saturated heterocycles. The van der Waals surface area contributed by atoms with Crippen LogP contribution in [0.2, 0.25) is 0 Å². The van der Waals surface area contributed by atoms with Gasteiger partial charge in [-0.15, -0.1) is 0 Å². The predicted molar refractivity (Wildman–Crippen MR) is 143 cm³/mol. The van der Waals surface area contributed by atoms with Crippen molar-refractivity contribution in [1.29, 1.82) is 0 Å². The minimum absolute atomic E-state index is 0.0632. The number of rotatable bonds is 7. The average molecular weight is 547 g/mol. The Bertz CT molecular complexity index is 1730. The highest BCUT2D eigenvalue weighted by atomic mass is 32.2. The fourth-order valence-corrected chi connectivity index (χ4v) is 5.74. The second-order valence-electron chi connectivity index (χ2n) is 8.23. The SMILES string of the molecule is O=C1S/C(=C\c2ccccc2OS(=O)(=O)c2ccc([N+](=O)[O-])cc2)C(=O)N1Cc1cccc2ccccc12. The number of nitro groups is 1. The van der Waals surface area contributed by atoms with Crippen molar-refractivity contribution in [3.63, 3.8) is 0 Å². The van der Waals surface area contributed by atoms with E-state index in [9.17, 15) is 28.1 Å². The molecule has 1 fully saturated rings. The Morgan fingerprint density at radius 2 is 1.58 bits per heavy atom. The van der Waals surface area contributed by atoms with Crippen LogP contribution in [0.15, 0.2) is 101 Å². The van der Waals surface area contributed by atoms with E-state index in [4.69, 9.17) is 4.18 Å². The summed E-state index contributed by atoms with van der Waals surface area (Å²) >= 11 is 0.758. The molecule has 1 heterocycles. The van der Waals surface area contributed by atoms with Crippen molar-refractivity contribution in [3.8, 4) is 5.75 Å². The van der Waals surface area contributed by atoms with E-state index < -0.39 is 26.2 Å². The molecule has 9 nitrogen and oxygen atoms in total. The maximum absolute atomic E-state index is 13.2. The lowest BCUT2D eigenvalue weighted by atomic mass is 10.0. The molecule has 11 heteroatoms. The third kappa shape index (κ3) is 5.01. The maximum atomic E-state index is 13.2. The molecule has 0 unspecified atom stereocenters. The van der Waals surface area contributed by atoms with Crippen LogP contribution in [0.4, 0.5) is 10.5 Å². The molecule has 4 aromatic rings. The Morgan fingerprint density at radius 3 is 2.34 bits per heavy atom. The molecule has 4 aromatic carbocycles. The van der Waals surface area contributed by atoms with Gasteiger partial charge in [0.2, 0.25) is 0 Å². The minimum atomic E-state index is -4.33. The summed E-state index contributed by atoms with van der Waals surface area (Å²) in [6.45, 7) is 0.0933. The van der Waals surface area contributed by atoms with Crippen LogP contribution in [-0.2, 0) is 21.5 Å². The van der Waals surface area contributed by atoms with E-state index in [1.54, 1.807) is 18.2 Å². The monoisotopic (exact) mass is 546 g/mol. The number of non-ortho nitro benzene ring substituents is 1. The number of thioether (sulfide) groups is 1. The summed E-state index contributed by atoms with van der Waals surface area (Å²) in [7, 11) is -4.33. The largest absolute Gasteiger partial charge is 0.378 e. The van der Waals surface area contributed by atoms with Gasteiger partial charge in [-0.25, -0.2) is 0 Å². The number of hydrogen-bond donors (Lipinski definition) is 0. The van der Waals surface area contributed by atoms with Gasteiger partial charge in [0.1, 0.15) is 10.6 Å². The number of amides is 2. The summed E-state index contributed by atoms with van der Waals surface area (Å²) in [6, 6.07) is 23.8. The molecule has 0 bridgehead atoms. The highest BCUT2D eigenvalue weighted by molar-refractivity contribution is 8.18. The van der Waals surface area contributed by atoms with E-state index in [0.717, 1.165) is 57.3 Å². The lowest BCUT2D eigenvalue weighted by Gasteiger charge is -2.14. The number of nitro benzene ring substituents is 1. The first-order valence-electron chi connectivity index (χ1n) is 11.2.